The highest BCUT2D eigenvalue weighted by atomic mass is 79.9. The molecular formula is C17H10BrCl2NO2S. The molecule has 0 bridgehead atoms. The fourth-order valence-corrected chi connectivity index (χ4v) is 3.57. The zero-order chi connectivity index (χ0) is 17.3. The second kappa shape index (κ2) is 7.31. The zero-order valence-electron chi connectivity index (χ0n) is 12.1. The van der Waals surface area contributed by atoms with Gasteiger partial charge in [-0.25, -0.2) is 0 Å². The molecule has 24 heavy (non-hydrogen) atoms. The molecule has 1 aliphatic heterocycles. The topological polar surface area (TPSA) is 37.4 Å². The molecule has 0 aromatic heterocycles. The van der Waals surface area contributed by atoms with Crippen LogP contribution in [0.25, 0.3) is 6.08 Å². The van der Waals surface area contributed by atoms with E-state index in [2.05, 4.69) is 15.9 Å². The Hall–Kier alpha value is -1.27. The maximum absolute atomic E-state index is 12.5. The molecule has 0 aliphatic carbocycles. The van der Waals surface area contributed by atoms with Crippen molar-refractivity contribution in [3.63, 3.8) is 0 Å². The molecule has 3 rings (SSSR count). The number of halogens is 3. The Balaban J connectivity index is 1.81. The Morgan fingerprint density at radius 3 is 2.42 bits per heavy atom. The quantitative estimate of drug-likeness (QED) is 0.547. The molecule has 0 saturated carbocycles. The highest BCUT2D eigenvalue weighted by Gasteiger charge is 2.34. The molecule has 0 unspecified atom stereocenters. The van der Waals surface area contributed by atoms with Crippen molar-refractivity contribution in [1.82, 2.24) is 4.90 Å². The van der Waals surface area contributed by atoms with Crippen molar-refractivity contribution in [2.45, 2.75) is 6.54 Å². The van der Waals surface area contributed by atoms with E-state index in [1.165, 1.54) is 4.90 Å². The first-order valence-electron chi connectivity index (χ1n) is 6.89. The van der Waals surface area contributed by atoms with Crippen molar-refractivity contribution in [1.29, 1.82) is 0 Å². The van der Waals surface area contributed by atoms with Gasteiger partial charge in [0.05, 0.1) is 21.5 Å². The van der Waals surface area contributed by atoms with Gasteiger partial charge in [0.25, 0.3) is 11.1 Å². The smallest absolute Gasteiger partial charge is 0.268 e. The lowest BCUT2D eigenvalue weighted by molar-refractivity contribution is -0.123. The lowest BCUT2D eigenvalue weighted by atomic mass is 10.2. The minimum absolute atomic E-state index is 0.247. The maximum Gasteiger partial charge on any atom is 0.293 e. The van der Waals surface area contributed by atoms with Gasteiger partial charge in [0.2, 0.25) is 0 Å². The van der Waals surface area contributed by atoms with E-state index in [1.807, 2.05) is 24.3 Å². The Labute approximate surface area is 161 Å². The highest BCUT2D eigenvalue weighted by Crippen LogP contribution is 2.34. The average Bonchev–Trinajstić information content (AvgIpc) is 2.80. The molecule has 0 radical (unpaired) electrons. The van der Waals surface area contributed by atoms with E-state index in [4.69, 9.17) is 23.2 Å². The Bertz CT molecular complexity index is 852. The van der Waals surface area contributed by atoms with Crippen LogP contribution < -0.4 is 0 Å². The van der Waals surface area contributed by atoms with Crippen LogP contribution in [0.5, 0.6) is 0 Å². The fraction of sp³-hybridized carbons (Fsp3) is 0.0588. The molecule has 1 fully saturated rings. The summed E-state index contributed by atoms with van der Waals surface area (Å²) >= 11 is 16.1. The second-order valence-electron chi connectivity index (χ2n) is 5.07. The summed E-state index contributed by atoms with van der Waals surface area (Å²) in [7, 11) is 0. The number of hydrogen-bond acceptors (Lipinski definition) is 3. The molecule has 3 nitrogen and oxygen atoms in total. The molecule has 0 atom stereocenters. The predicted molar refractivity (Wildman–Crippen MR) is 102 cm³/mol. The van der Waals surface area contributed by atoms with Crippen molar-refractivity contribution >= 4 is 68.1 Å². The van der Waals surface area contributed by atoms with Crippen LogP contribution >= 0.6 is 50.9 Å². The van der Waals surface area contributed by atoms with Crippen LogP contribution in [0.2, 0.25) is 10.0 Å². The number of hydrogen-bond donors (Lipinski definition) is 0. The van der Waals surface area contributed by atoms with Crippen LogP contribution in [0.4, 0.5) is 4.79 Å². The van der Waals surface area contributed by atoms with Gasteiger partial charge in [0, 0.05) is 4.47 Å². The van der Waals surface area contributed by atoms with Gasteiger partial charge in [-0.15, -0.1) is 0 Å². The van der Waals surface area contributed by atoms with Crippen LogP contribution in [0.15, 0.2) is 51.8 Å². The van der Waals surface area contributed by atoms with Crippen molar-refractivity contribution in [3.05, 3.63) is 73.0 Å². The van der Waals surface area contributed by atoms with Crippen LogP contribution in [0.3, 0.4) is 0 Å². The minimum Gasteiger partial charge on any atom is -0.268 e. The van der Waals surface area contributed by atoms with Crippen LogP contribution in [0.1, 0.15) is 11.1 Å². The zero-order valence-corrected chi connectivity index (χ0v) is 16.0. The lowest BCUT2D eigenvalue weighted by Crippen LogP contribution is -2.27. The summed E-state index contributed by atoms with van der Waals surface area (Å²) in [5, 5.41) is 0.561. The van der Waals surface area contributed by atoms with Crippen LogP contribution in [-0.2, 0) is 11.3 Å². The third-order valence-electron chi connectivity index (χ3n) is 3.37. The van der Waals surface area contributed by atoms with E-state index in [0.29, 0.717) is 15.0 Å². The number of benzene rings is 2. The van der Waals surface area contributed by atoms with E-state index >= 15 is 0 Å². The first-order chi connectivity index (χ1) is 11.4. The van der Waals surface area contributed by atoms with Crippen LogP contribution in [0, 0.1) is 0 Å². The van der Waals surface area contributed by atoms with Crippen molar-refractivity contribution in [2.75, 3.05) is 0 Å². The molecule has 0 N–H and O–H groups in total. The van der Waals surface area contributed by atoms with Gasteiger partial charge in [-0.1, -0.05) is 57.3 Å². The molecule has 7 heteroatoms. The fourth-order valence-electron chi connectivity index (χ4n) is 2.16. The number of rotatable bonds is 3. The van der Waals surface area contributed by atoms with Gasteiger partial charge >= 0.3 is 0 Å². The summed E-state index contributed by atoms with van der Waals surface area (Å²) in [4.78, 5) is 26.2. The maximum atomic E-state index is 12.5. The summed E-state index contributed by atoms with van der Waals surface area (Å²) in [6, 6.07) is 12.6. The molecule has 1 aliphatic rings. The average molecular weight is 443 g/mol. The first kappa shape index (κ1) is 17.5. The normalized spacial score (nSPS) is 16.3. The van der Waals surface area contributed by atoms with E-state index in [0.717, 1.165) is 27.4 Å². The number of carbonyl (C=O) groups excluding carboxylic acids is 2. The SMILES string of the molecule is O=C1S/C(=C\c2ccc(Cl)c(Cl)c2)C(=O)N1Cc1ccc(Br)cc1. The number of carbonyl (C=O) groups is 2. The number of imide groups is 1. The molecule has 122 valence electrons. The van der Waals surface area contributed by atoms with Gasteiger partial charge in [-0.05, 0) is 53.2 Å². The molecule has 2 aromatic carbocycles. The standard InChI is InChI=1S/C17H10BrCl2NO2S/c18-12-4-1-10(2-5-12)9-21-16(22)15(24-17(21)23)8-11-3-6-13(19)14(20)7-11/h1-8H,9H2/b15-8-. The summed E-state index contributed by atoms with van der Waals surface area (Å²) in [5.41, 5.74) is 1.61. The molecule has 1 heterocycles. The van der Waals surface area contributed by atoms with Gasteiger partial charge in [-0.3, -0.25) is 14.5 Å². The summed E-state index contributed by atoms with van der Waals surface area (Å²) in [6.07, 6.45) is 1.65. The lowest BCUT2D eigenvalue weighted by Gasteiger charge is -2.12. The molecule has 2 amide bonds. The Morgan fingerprint density at radius 1 is 1.04 bits per heavy atom. The third-order valence-corrected chi connectivity index (χ3v) is 5.54. The summed E-state index contributed by atoms with van der Waals surface area (Å²) in [5.74, 6) is -0.306. The highest BCUT2D eigenvalue weighted by molar-refractivity contribution is 9.10. The second-order valence-corrected chi connectivity index (χ2v) is 7.79. The minimum atomic E-state index is -0.306. The van der Waals surface area contributed by atoms with Gasteiger partial charge in [0.1, 0.15) is 0 Å². The van der Waals surface area contributed by atoms with Gasteiger partial charge in [0.15, 0.2) is 0 Å². The monoisotopic (exact) mass is 441 g/mol. The third kappa shape index (κ3) is 3.86. The van der Waals surface area contributed by atoms with Gasteiger partial charge in [-0.2, -0.15) is 0 Å². The predicted octanol–water partition coefficient (Wildman–Crippen LogP) is 5.99. The van der Waals surface area contributed by atoms with E-state index in [-0.39, 0.29) is 17.7 Å². The Kier molecular flexibility index (Phi) is 5.35. The molecular weight excluding hydrogens is 433 g/mol. The number of thioether (sulfide) groups is 1. The number of amides is 2. The molecule has 2 aromatic rings. The van der Waals surface area contributed by atoms with E-state index in [1.54, 1.807) is 24.3 Å². The first-order valence-corrected chi connectivity index (χ1v) is 9.25. The summed E-state index contributed by atoms with van der Waals surface area (Å²) < 4.78 is 0.944. The van der Waals surface area contributed by atoms with Crippen LogP contribution in [-0.4, -0.2) is 16.0 Å². The summed E-state index contributed by atoms with van der Waals surface area (Å²) in [6.45, 7) is 0.247. The molecule has 1 saturated heterocycles. The molecule has 0 spiro atoms. The Morgan fingerprint density at radius 2 is 1.75 bits per heavy atom. The van der Waals surface area contributed by atoms with E-state index < -0.39 is 0 Å². The van der Waals surface area contributed by atoms with Gasteiger partial charge < -0.3 is 0 Å². The van der Waals surface area contributed by atoms with Crippen molar-refractivity contribution in [2.24, 2.45) is 0 Å². The van der Waals surface area contributed by atoms with Crippen molar-refractivity contribution in [3.8, 4) is 0 Å². The largest absolute Gasteiger partial charge is 0.293 e. The van der Waals surface area contributed by atoms with E-state index in [9.17, 15) is 9.59 Å². The number of nitrogens with zero attached hydrogens (tertiary/aromatic N) is 1. The van der Waals surface area contributed by atoms with Crippen molar-refractivity contribution < 1.29 is 9.59 Å².